The number of hydrogen-bond donors (Lipinski definition) is 2. The fourth-order valence-corrected chi connectivity index (χ4v) is 4.19. The molecule has 6 nitrogen and oxygen atoms in total. The maximum Gasteiger partial charge on any atom is 0.226 e. The molecular weight excluding hydrogens is 450 g/mol. The number of halogens is 1. The van der Waals surface area contributed by atoms with Crippen LogP contribution in [0.25, 0.3) is 0 Å². The zero-order chi connectivity index (χ0) is 24.5. The monoisotopic (exact) mass is 481 g/mol. The number of carbonyl (C=O) groups excluding carboxylic acids is 3. The Labute approximate surface area is 206 Å². The SMILES string of the molecule is C[C@H]1[C@@H](c2ccccc2)NC(=O)CC/C=C/C[C@@H](CC(=O)NCc2ccc(Cl)cc2)C(=O)N1C. The van der Waals surface area contributed by atoms with Crippen molar-refractivity contribution < 1.29 is 14.4 Å². The molecule has 0 fully saturated rings. The van der Waals surface area contributed by atoms with Gasteiger partial charge in [0.05, 0.1) is 18.0 Å². The van der Waals surface area contributed by atoms with Gasteiger partial charge in [0.2, 0.25) is 17.7 Å². The van der Waals surface area contributed by atoms with Crippen LogP contribution in [0.1, 0.15) is 49.8 Å². The second kappa shape index (κ2) is 12.4. The Morgan fingerprint density at radius 3 is 2.50 bits per heavy atom. The first kappa shape index (κ1) is 25.5. The van der Waals surface area contributed by atoms with E-state index in [0.29, 0.717) is 30.8 Å². The van der Waals surface area contributed by atoms with Crippen LogP contribution in [-0.2, 0) is 20.9 Å². The number of nitrogens with one attached hydrogen (secondary N) is 2. The zero-order valence-corrected chi connectivity index (χ0v) is 20.4. The molecule has 2 N–H and O–H groups in total. The van der Waals surface area contributed by atoms with Crippen LogP contribution >= 0.6 is 11.6 Å². The first-order chi connectivity index (χ1) is 16.3. The minimum atomic E-state index is -0.486. The van der Waals surface area contributed by atoms with E-state index >= 15 is 0 Å². The molecule has 3 amide bonds. The molecule has 2 aromatic carbocycles. The molecule has 1 aliphatic heterocycles. The lowest BCUT2D eigenvalue weighted by Crippen LogP contribution is -2.48. The quantitative estimate of drug-likeness (QED) is 0.621. The fraction of sp³-hybridized carbons (Fsp3) is 0.370. The first-order valence-electron chi connectivity index (χ1n) is 11.6. The molecule has 0 spiro atoms. The Balaban J connectivity index is 1.74. The normalized spacial score (nSPS) is 22.8. The molecule has 0 aromatic heterocycles. The van der Waals surface area contributed by atoms with E-state index in [2.05, 4.69) is 10.6 Å². The second-order valence-electron chi connectivity index (χ2n) is 8.70. The number of allylic oxidation sites excluding steroid dienone is 2. The van der Waals surface area contributed by atoms with Crippen LogP contribution in [0, 0.1) is 5.92 Å². The molecule has 3 atom stereocenters. The van der Waals surface area contributed by atoms with Crippen molar-refractivity contribution in [2.75, 3.05) is 7.05 Å². The van der Waals surface area contributed by atoms with Crippen molar-refractivity contribution in [1.29, 1.82) is 0 Å². The Morgan fingerprint density at radius 2 is 1.79 bits per heavy atom. The standard InChI is InChI=1S/C27H32ClN3O3/c1-19-26(21-9-5-3-6-10-21)30-24(32)12-8-4-7-11-22(27(34)31(19)2)17-25(33)29-18-20-13-15-23(28)16-14-20/h3-7,9-10,13-16,19,22,26H,8,11-12,17-18H2,1-2H3,(H,29,33)(H,30,32)/b7-4+/t19-,22-,26-/m0/s1. The van der Waals surface area contributed by atoms with Gasteiger partial charge in [-0.3, -0.25) is 14.4 Å². The van der Waals surface area contributed by atoms with Crippen molar-refractivity contribution in [1.82, 2.24) is 15.5 Å². The van der Waals surface area contributed by atoms with E-state index in [4.69, 9.17) is 11.6 Å². The molecule has 0 aliphatic carbocycles. The summed E-state index contributed by atoms with van der Waals surface area (Å²) in [5.41, 5.74) is 1.88. The lowest BCUT2D eigenvalue weighted by Gasteiger charge is -2.35. The molecule has 1 aliphatic rings. The zero-order valence-electron chi connectivity index (χ0n) is 19.7. The van der Waals surface area contributed by atoms with Gasteiger partial charge in [-0.25, -0.2) is 0 Å². The molecule has 34 heavy (non-hydrogen) atoms. The summed E-state index contributed by atoms with van der Waals surface area (Å²) in [6.07, 6.45) is 5.31. The van der Waals surface area contributed by atoms with Crippen molar-refractivity contribution in [3.05, 3.63) is 82.9 Å². The highest BCUT2D eigenvalue weighted by molar-refractivity contribution is 6.30. The van der Waals surface area contributed by atoms with Gasteiger partial charge < -0.3 is 15.5 Å². The highest BCUT2D eigenvalue weighted by Gasteiger charge is 2.31. The molecular formula is C27H32ClN3O3. The summed E-state index contributed by atoms with van der Waals surface area (Å²) in [5.74, 6) is -0.831. The molecule has 0 saturated carbocycles. The van der Waals surface area contributed by atoms with Gasteiger partial charge >= 0.3 is 0 Å². The van der Waals surface area contributed by atoms with E-state index in [0.717, 1.165) is 11.1 Å². The van der Waals surface area contributed by atoms with Crippen LogP contribution in [-0.4, -0.2) is 35.7 Å². The van der Waals surface area contributed by atoms with Crippen LogP contribution in [0.5, 0.6) is 0 Å². The topological polar surface area (TPSA) is 78.5 Å². The number of rotatable bonds is 5. The van der Waals surface area contributed by atoms with Gasteiger partial charge in [-0.15, -0.1) is 0 Å². The molecule has 7 heteroatoms. The fourth-order valence-electron chi connectivity index (χ4n) is 4.06. The number of amides is 3. The second-order valence-corrected chi connectivity index (χ2v) is 9.13. The molecule has 0 saturated heterocycles. The number of carbonyl (C=O) groups is 3. The maximum absolute atomic E-state index is 13.5. The van der Waals surface area contributed by atoms with Crippen LogP contribution in [0.15, 0.2) is 66.7 Å². The third-order valence-corrected chi connectivity index (χ3v) is 6.48. The molecule has 0 unspecified atom stereocenters. The predicted octanol–water partition coefficient (Wildman–Crippen LogP) is 4.41. The average Bonchev–Trinajstić information content (AvgIpc) is 2.84. The van der Waals surface area contributed by atoms with Crippen molar-refractivity contribution in [3.63, 3.8) is 0 Å². The third kappa shape index (κ3) is 7.19. The van der Waals surface area contributed by atoms with Gasteiger partial charge in [0.25, 0.3) is 0 Å². The molecule has 3 rings (SSSR count). The van der Waals surface area contributed by atoms with Crippen LogP contribution < -0.4 is 10.6 Å². The van der Waals surface area contributed by atoms with Crippen LogP contribution in [0.3, 0.4) is 0 Å². The smallest absolute Gasteiger partial charge is 0.226 e. The number of nitrogens with zero attached hydrogens (tertiary/aromatic N) is 1. The highest BCUT2D eigenvalue weighted by atomic mass is 35.5. The Morgan fingerprint density at radius 1 is 1.09 bits per heavy atom. The minimum Gasteiger partial charge on any atom is -0.352 e. The number of likely N-dealkylation sites (N-methyl/N-ethyl adjacent to an activating group) is 1. The predicted molar refractivity (Wildman–Crippen MR) is 134 cm³/mol. The third-order valence-electron chi connectivity index (χ3n) is 6.23. The van der Waals surface area contributed by atoms with Crippen molar-refractivity contribution >= 4 is 29.3 Å². The van der Waals surface area contributed by atoms with E-state index in [1.165, 1.54) is 0 Å². The maximum atomic E-state index is 13.5. The van der Waals surface area contributed by atoms with Crippen molar-refractivity contribution in [2.45, 2.75) is 51.2 Å². The largest absolute Gasteiger partial charge is 0.352 e. The van der Waals surface area contributed by atoms with E-state index in [1.807, 2.05) is 61.5 Å². The van der Waals surface area contributed by atoms with Crippen molar-refractivity contribution in [2.24, 2.45) is 5.92 Å². The number of benzene rings is 2. The van der Waals surface area contributed by atoms with Crippen LogP contribution in [0.4, 0.5) is 0 Å². The summed E-state index contributed by atoms with van der Waals surface area (Å²) in [6, 6.07) is 16.3. The molecule has 0 bridgehead atoms. The number of hydrogen-bond acceptors (Lipinski definition) is 3. The van der Waals surface area contributed by atoms with E-state index < -0.39 is 5.92 Å². The summed E-state index contributed by atoms with van der Waals surface area (Å²) >= 11 is 5.92. The van der Waals surface area contributed by atoms with Crippen LogP contribution in [0.2, 0.25) is 5.02 Å². The van der Waals surface area contributed by atoms with Gasteiger partial charge in [0.15, 0.2) is 0 Å². The van der Waals surface area contributed by atoms with Crippen molar-refractivity contribution in [3.8, 4) is 0 Å². The first-order valence-corrected chi connectivity index (χ1v) is 12.0. The molecule has 180 valence electrons. The lowest BCUT2D eigenvalue weighted by molar-refractivity contribution is -0.139. The Bertz CT molecular complexity index is 1010. The molecule has 0 radical (unpaired) electrons. The lowest BCUT2D eigenvalue weighted by atomic mass is 9.94. The summed E-state index contributed by atoms with van der Waals surface area (Å²) in [7, 11) is 1.74. The van der Waals surface area contributed by atoms with Gasteiger partial charge in [-0.2, -0.15) is 0 Å². The Hall–Kier alpha value is -3.12. The van der Waals surface area contributed by atoms with Gasteiger partial charge in [0, 0.05) is 31.5 Å². The average molecular weight is 482 g/mol. The van der Waals surface area contributed by atoms with E-state index in [-0.39, 0.29) is 36.2 Å². The Kier molecular flexibility index (Phi) is 9.28. The minimum absolute atomic E-state index is 0.0510. The van der Waals surface area contributed by atoms with Gasteiger partial charge in [-0.1, -0.05) is 66.2 Å². The van der Waals surface area contributed by atoms with E-state index in [1.54, 1.807) is 24.1 Å². The highest BCUT2D eigenvalue weighted by Crippen LogP contribution is 2.24. The van der Waals surface area contributed by atoms with Gasteiger partial charge in [-0.05, 0) is 43.0 Å². The molecule has 1 heterocycles. The van der Waals surface area contributed by atoms with E-state index in [9.17, 15) is 14.4 Å². The summed E-state index contributed by atoms with van der Waals surface area (Å²) in [4.78, 5) is 40.3. The molecule has 2 aromatic rings. The summed E-state index contributed by atoms with van der Waals surface area (Å²) in [5, 5.41) is 6.64. The summed E-state index contributed by atoms with van der Waals surface area (Å²) < 4.78 is 0. The van der Waals surface area contributed by atoms with Gasteiger partial charge in [0.1, 0.15) is 0 Å². The summed E-state index contributed by atoms with van der Waals surface area (Å²) in [6.45, 7) is 2.30.